The van der Waals surface area contributed by atoms with Crippen LogP contribution in [0.2, 0.25) is 0 Å². The zero-order chi connectivity index (χ0) is 20.8. The third-order valence-corrected chi connectivity index (χ3v) is 5.59. The Balaban J connectivity index is 1.44. The molecule has 2 aliphatic rings. The Morgan fingerprint density at radius 1 is 1.14 bits per heavy atom. The Morgan fingerprint density at radius 3 is 2.48 bits per heavy atom. The van der Waals surface area contributed by atoms with Crippen molar-refractivity contribution in [2.24, 2.45) is 5.92 Å². The van der Waals surface area contributed by atoms with Crippen LogP contribution in [0, 0.1) is 5.92 Å². The Labute approximate surface area is 170 Å². The number of carbonyl (C=O) groups excluding carboxylic acids is 4. The SMILES string of the molecule is COC(=O)CC1CCN(C(=O)CCC2NC(=O)N(Cc3ccccc3)C2=O)CC1. The van der Waals surface area contributed by atoms with Crippen molar-refractivity contribution in [1.82, 2.24) is 15.1 Å². The quantitative estimate of drug-likeness (QED) is 0.554. The third kappa shape index (κ3) is 5.34. The molecule has 2 saturated heterocycles. The van der Waals surface area contributed by atoms with Gasteiger partial charge in [-0.05, 0) is 30.7 Å². The summed E-state index contributed by atoms with van der Waals surface area (Å²) in [5.74, 6) is -0.285. The van der Waals surface area contributed by atoms with Gasteiger partial charge in [0.25, 0.3) is 5.91 Å². The monoisotopic (exact) mass is 401 g/mol. The minimum Gasteiger partial charge on any atom is -0.469 e. The first kappa shape index (κ1) is 20.8. The Bertz CT molecular complexity index is 759. The van der Waals surface area contributed by atoms with Gasteiger partial charge in [0.15, 0.2) is 0 Å². The first-order valence-electron chi connectivity index (χ1n) is 9.98. The average Bonchev–Trinajstić information content (AvgIpc) is 3.00. The number of hydrogen-bond donors (Lipinski definition) is 1. The van der Waals surface area contributed by atoms with Crippen LogP contribution < -0.4 is 5.32 Å². The highest BCUT2D eigenvalue weighted by molar-refractivity contribution is 6.04. The number of carbonyl (C=O) groups is 4. The number of urea groups is 1. The molecule has 1 N–H and O–H groups in total. The molecule has 1 atom stereocenters. The van der Waals surface area contributed by atoms with Crippen LogP contribution in [0.4, 0.5) is 4.79 Å². The highest BCUT2D eigenvalue weighted by Gasteiger charge is 2.38. The number of rotatable bonds is 7. The number of amides is 4. The van der Waals surface area contributed by atoms with Gasteiger partial charge in [-0.2, -0.15) is 0 Å². The van der Waals surface area contributed by atoms with Gasteiger partial charge in [0.05, 0.1) is 13.7 Å². The fourth-order valence-corrected chi connectivity index (χ4v) is 3.82. The smallest absolute Gasteiger partial charge is 0.325 e. The van der Waals surface area contributed by atoms with Crippen LogP contribution in [0.1, 0.15) is 37.7 Å². The van der Waals surface area contributed by atoms with E-state index in [1.807, 2.05) is 30.3 Å². The molecule has 156 valence electrons. The number of methoxy groups -OCH3 is 1. The van der Waals surface area contributed by atoms with Crippen LogP contribution >= 0.6 is 0 Å². The maximum Gasteiger partial charge on any atom is 0.325 e. The number of hydrogen-bond acceptors (Lipinski definition) is 5. The molecule has 2 aliphatic heterocycles. The predicted molar refractivity (Wildman–Crippen MR) is 104 cm³/mol. The van der Waals surface area contributed by atoms with E-state index in [1.54, 1.807) is 4.90 Å². The second kappa shape index (κ2) is 9.54. The van der Waals surface area contributed by atoms with Crippen molar-refractivity contribution < 1.29 is 23.9 Å². The Hall–Kier alpha value is -2.90. The molecule has 1 aromatic rings. The van der Waals surface area contributed by atoms with E-state index in [4.69, 9.17) is 4.74 Å². The number of benzene rings is 1. The molecular weight excluding hydrogens is 374 g/mol. The summed E-state index contributed by atoms with van der Waals surface area (Å²) in [4.78, 5) is 51.6. The minimum absolute atomic E-state index is 0.0231. The van der Waals surface area contributed by atoms with Crippen molar-refractivity contribution in [3.05, 3.63) is 35.9 Å². The topological polar surface area (TPSA) is 96.0 Å². The molecule has 0 aliphatic carbocycles. The summed E-state index contributed by atoms with van der Waals surface area (Å²) in [6.45, 7) is 1.43. The van der Waals surface area contributed by atoms with Gasteiger partial charge in [-0.3, -0.25) is 19.3 Å². The van der Waals surface area contributed by atoms with Gasteiger partial charge in [0.2, 0.25) is 5.91 Å². The van der Waals surface area contributed by atoms with E-state index in [9.17, 15) is 19.2 Å². The van der Waals surface area contributed by atoms with Crippen molar-refractivity contribution in [3.63, 3.8) is 0 Å². The lowest BCUT2D eigenvalue weighted by Crippen LogP contribution is -2.40. The van der Waals surface area contributed by atoms with Crippen LogP contribution in [0.3, 0.4) is 0 Å². The van der Waals surface area contributed by atoms with Gasteiger partial charge in [0.1, 0.15) is 6.04 Å². The Kier molecular flexibility index (Phi) is 6.85. The molecule has 29 heavy (non-hydrogen) atoms. The second-order valence-corrected chi connectivity index (χ2v) is 7.56. The minimum atomic E-state index is -0.660. The molecule has 0 saturated carbocycles. The van der Waals surface area contributed by atoms with Crippen molar-refractivity contribution in [2.75, 3.05) is 20.2 Å². The fraction of sp³-hybridized carbons (Fsp3) is 0.524. The van der Waals surface area contributed by atoms with Crippen LogP contribution in [-0.2, 0) is 25.7 Å². The molecule has 0 radical (unpaired) electrons. The van der Waals surface area contributed by atoms with E-state index in [1.165, 1.54) is 12.0 Å². The second-order valence-electron chi connectivity index (χ2n) is 7.56. The highest BCUT2D eigenvalue weighted by Crippen LogP contribution is 2.22. The number of nitrogens with one attached hydrogen (secondary N) is 1. The van der Waals surface area contributed by atoms with E-state index in [0.29, 0.717) is 19.5 Å². The summed E-state index contributed by atoms with van der Waals surface area (Å²) in [7, 11) is 1.38. The number of imide groups is 1. The van der Waals surface area contributed by atoms with E-state index in [0.717, 1.165) is 18.4 Å². The summed E-state index contributed by atoms with van der Waals surface area (Å²) < 4.78 is 4.70. The maximum absolute atomic E-state index is 12.6. The first-order valence-corrected chi connectivity index (χ1v) is 9.98. The lowest BCUT2D eigenvalue weighted by molar-refractivity contribution is -0.142. The number of esters is 1. The molecule has 8 nitrogen and oxygen atoms in total. The Morgan fingerprint density at radius 2 is 1.83 bits per heavy atom. The van der Waals surface area contributed by atoms with Gasteiger partial charge >= 0.3 is 12.0 Å². The number of likely N-dealkylation sites (tertiary alicyclic amines) is 1. The number of ether oxygens (including phenoxy) is 1. The van der Waals surface area contributed by atoms with Gasteiger partial charge < -0.3 is 15.0 Å². The molecule has 4 amide bonds. The van der Waals surface area contributed by atoms with Crippen LogP contribution in [0.25, 0.3) is 0 Å². The van der Waals surface area contributed by atoms with E-state index >= 15 is 0 Å². The summed E-state index contributed by atoms with van der Waals surface area (Å²) in [5, 5.41) is 2.68. The predicted octanol–water partition coefficient (Wildman–Crippen LogP) is 1.69. The fourth-order valence-electron chi connectivity index (χ4n) is 3.82. The molecule has 3 rings (SSSR count). The normalized spacial score (nSPS) is 20.0. The first-order chi connectivity index (χ1) is 14.0. The van der Waals surface area contributed by atoms with Gasteiger partial charge in [-0.15, -0.1) is 0 Å². The maximum atomic E-state index is 12.6. The largest absolute Gasteiger partial charge is 0.469 e. The van der Waals surface area contributed by atoms with Gasteiger partial charge in [0, 0.05) is 25.9 Å². The summed E-state index contributed by atoms with van der Waals surface area (Å²) in [6, 6.07) is 8.24. The lowest BCUT2D eigenvalue weighted by Gasteiger charge is -2.31. The zero-order valence-electron chi connectivity index (χ0n) is 16.6. The zero-order valence-corrected chi connectivity index (χ0v) is 16.6. The summed E-state index contributed by atoms with van der Waals surface area (Å²) in [6.07, 6.45) is 2.42. The molecule has 2 fully saturated rings. The van der Waals surface area contributed by atoms with Gasteiger partial charge in [-0.1, -0.05) is 30.3 Å². The van der Waals surface area contributed by atoms with E-state index in [-0.39, 0.29) is 43.1 Å². The van der Waals surface area contributed by atoms with E-state index in [2.05, 4.69) is 5.32 Å². The molecule has 1 aromatic carbocycles. The van der Waals surface area contributed by atoms with Crippen LogP contribution in [0.15, 0.2) is 30.3 Å². The van der Waals surface area contributed by atoms with Crippen LogP contribution in [-0.4, -0.2) is 59.9 Å². The standard InChI is InChI=1S/C21H27N3O5/c1-29-19(26)13-15-9-11-23(12-10-15)18(25)8-7-17-20(27)24(21(28)22-17)14-16-5-3-2-4-6-16/h2-6,15,17H,7-14H2,1H3,(H,22,28). The van der Waals surface area contributed by atoms with Gasteiger partial charge in [-0.25, -0.2) is 4.79 Å². The number of piperidine rings is 1. The summed E-state index contributed by atoms with van der Waals surface area (Å²) >= 11 is 0. The number of nitrogens with zero attached hydrogens (tertiary/aromatic N) is 2. The van der Waals surface area contributed by atoms with Crippen molar-refractivity contribution in [1.29, 1.82) is 0 Å². The van der Waals surface area contributed by atoms with Crippen molar-refractivity contribution in [2.45, 2.75) is 44.7 Å². The van der Waals surface area contributed by atoms with E-state index < -0.39 is 12.1 Å². The van der Waals surface area contributed by atoms with Crippen molar-refractivity contribution in [3.8, 4) is 0 Å². The average molecular weight is 401 g/mol. The molecule has 0 bridgehead atoms. The highest BCUT2D eigenvalue weighted by atomic mass is 16.5. The molecule has 1 unspecified atom stereocenters. The molecule has 0 spiro atoms. The third-order valence-electron chi connectivity index (χ3n) is 5.59. The molecule has 2 heterocycles. The molecule has 0 aromatic heterocycles. The molecule has 8 heteroatoms. The van der Waals surface area contributed by atoms with Crippen molar-refractivity contribution >= 4 is 23.8 Å². The van der Waals surface area contributed by atoms with Crippen LogP contribution in [0.5, 0.6) is 0 Å². The molecular formula is C21H27N3O5. The lowest BCUT2D eigenvalue weighted by atomic mass is 9.93. The summed E-state index contributed by atoms with van der Waals surface area (Å²) in [5.41, 5.74) is 0.877.